The first-order valence-electron chi connectivity index (χ1n) is 8.94. The topological polar surface area (TPSA) is 58.6 Å². The molecular weight excluding hydrogens is 348 g/mol. The maximum Gasteiger partial charge on any atom is 0.265 e. The number of piperidine rings is 1. The number of methoxy groups -OCH3 is 1. The molecule has 1 aliphatic rings. The van der Waals surface area contributed by atoms with E-state index in [0.29, 0.717) is 11.4 Å². The van der Waals surface area contributed by atoms with Crippen LogP contribution in [0.2, 0.25) is 0 Å². The van der Waals surface area contributed by atoms with E-state index < -0.39 is 10.0 Å². The van der Waals surface area contributed by atoms with Crippen molar-refractivity contribution in [1.82, 2.24) is 0 Å². The summed E-state index contributed by atoms with van der Waals surface area (Å²) in [6.07, 6.45) is 3.70. The fraction of sp³-hybridized carbons (Fsp3) is 0.400. The average molecular weight is 375 g/mol. The quantitative estimate of drug-likeness (QED) is 0.856. The Kier molecular flexibility index (Phi) is 5.41. The van der Waals surface area contributed by atoms with Gasteiger partial charge in [-0.3, -0.25) is 4.72 Å². The smallest absolute Gasteiger partial charge is 0.265 e. The fourth-order valence-corrected chi connectivity index (χ4v) is 4.53. The van der Waals surface area contributed by atoms with Gasteiger partial charge in [-0.05, 0) is 80.6 Å². The third-order valence-corrected chi connectivity index (χ3v) is 6.31. The SMILES string of the molecule is COc1cc(C)c(C)cc1S(=O)(=O)Nc1ccc(N2CCCCC2)cc1. The van der Waals surface area contributed by atoms with Crippen molar-refractivity contribution in [1.29, 1.82) is 0 Å². The summed E-state index contributed by atoms with van der Waals surface area (Å²) in [6.45, 7) is 5.94. The maximum atomic E-state index is 12.8. The molecule has 0 saturated carbocycles. The van der Waals surface area contributed by atoms with Gasteiger partial charge in [-0.25, -0.2) is 8.42 Å². The third kappa shape index (κ3) is 3.96. The van der Waals surface area contributed by atoms with Gasteiger partial charge in [-0.2, -0.15) is 0 Å². The van der Waals surface area contributed by atoms with E-state index >= 15 is 0 Å². The van der Waals surface area contributed by atoms with Gasteiger partial charge in [0.05, 0.1) is 7.11 Å². The summed E-state index contributed by atoms with van der Waals surface area (Å²) in [5.41, 5.74) is 3.58. The molecule has 0 atom stereocenters. The van der Waals surface area contributed by atoms with Gasteiger partial charge in [0.25, 0.3) is 10.0 Å². The Bertz CT molecular complexity index is 871. The molecule has 0 spiro atoms. The van der Waals surface area contributed by atoms with Crippen LogP contribution in [0.4, 0.5) is 11.4 Å². The van der Waals surface area contributed by atoms with Crippen molar-refractivity contribution >= 4 is 21.4 Å². The highest BCUT2D eigenvalue weighted by Crippen LogP contribution is 2.29. The van der Waals surface area contributed by atoms with Crippen LogP contribution in [0.1, 0.15) is 30.4 Å². The lowest BCUT2D eigenvalue weighted by Gasteiger charge is -2.28. The fourth-order valence-electron chi connectivity index (χ4n) is 3.24. The maximum absolute atomic E-state index is 12.8. The molecule has 0 bridgehead atoms. The molecule has 3 rings (SSSR count). The van der Waals surface area contributed by atoms with Crippen molar-refractivity contribution in [3.05, 3.63) is 47.5 Å². The zero-order valence-electron chi connectivity index (χ0n) is 15.6. The van der Waals surface area contributed by atoms with Crippen molar-refractivity contribution in [2.75, 3.05) is 29.8 Å². The number of aryl methyl sites for hydroxylation is 2. The molecule has 1 fully saturated rings. The first kappa shape index (κ1) is 18.6. The minimum absolute atomic E-state index is 0.156. The lowest BCUT2D eigenvalue weighted by molar-refractivity contribution is 0.402. The van der Waals surface area contributed by atoms with Crippen molar-refractivity contribution in [3.8, 4) is 5.75 Å². The number of benzene rings is 2. The molecule has 2 aromatic rings. The van der Waals surface area contributed by atoms with E-state index in [0.717, 1.165) is 29.9 Å². The zero-order valence-corrected chi connectivity index (χ0v) is 16.4. The number of rotatable bonds is 5. The first-order valence-corrected chi connectivity index (χ1v) is 10.4. The van der Waals surface area contributed by atoms with Gasteiger partial charge in [0.2, 0.25) is 0 Å². The van der Waals surface area contributed by atoms with Gasteiger partial charge in [0.15, 0.2) is 0 Å². The Morgan fingerprint density at radius 2 is 1.58 bits per heavy atom. The Morgan fingerprint density at radius 1 is 0.962 bits per heavy atom. The summed E-state index contributed by atoms with van der Waals surface area (Å²) in [5.74, 6) is 0.352. The molecule has 5 nitrogen and oxygen atoms in total. The highest BCUT2D eigenvalue weighted by molar-refractivity contribution is 7.92. The van der Waals surface area contributed by atoms with E-state index in [1.165, 1.54) is 26.4 Å². The highest BCUT2D eigenvalue weighted by Gasteiger charge is 2.21. The van der Waals surface area contributed by atoms with Crippen LogP contribution >= 0.6 is 0 Å². The van der Waals surface area contributed by atoms with Crippen LogP contribution in [-0.2, 0) is 10.0 Å². The summed E-state index contributed by atoms with van der Waals surface area (Å²) in [5, 5.41) is 0. The van der Waals surface area contributed by atoms with Gasteiger partial charge in [0.1, 0.15) is 10.6 Å². The standard InChI is InChI=1S/C20H26N2O3S/c1-15-13-19(25-3)20(14-16(15)2)26(23,24)21-17-7-9-18(10-8-17)22-11-5-4-6-12-22/h7-10,13-14,21H,4-6,11-12H2,1-3H3. The molecule has 140 valence electrons. The van der Waals surface area contributed by atoms with Crippen molar-refractivity contribution < 1.29 is 13.2 Å². The van der Waals surface area contributed by atoms with Gasteiger partial charge in [-0.15, -0.1) is 0 Å². The van der Waals surface area contributed by atoms with E-state index in [4.69, 9.17) is 4.74 Å². The second-order valence-electron chi connectivity index (χ2n) is 6.79. The summed E-state index contributed by atoms with van der Waals surface area (Å²) in [6, 6.07) is 11.0. The van der Waals surface area contributed by atoms with Crippen LogP contribution in [0.15, 0.2) is 41.3 Å². The summed E-state index contributed by atoms with van der Waals surface area (Å²) in [4.78, 5) is 2.50. The average Bonchev–Trinajstić information content (AvgIpc) is 2.64. The molecule has 2 aromatic carbocycles. The molecule has 1 heterocycles. The van der Waals surface area contributed by atoms with Gasteiger partial charge < -0.3 is 9.64 Å². The zero-order chi connectivity index (χ0) is 18.7. The Hall–Kier alpha value is -2.21. The van der Waals surface area contributed by atoms with Crippen LogP contribution in [0.5, 0.6) is 5.75 Å². The van der Waals surface area contributed by atoms with E-state index in [-0.39, 0.29) is 4.90 Å². The molecule has 1 aliphatic heterocycles. The molecular formula is C20H26N2O3S. The lowest BCUT2D eigenvalue weighted by Crippen LogP contribution is -2.29. The number of hydrogen-bond donors (Lipinski definition) is 1. The predicted molar refractivity (Wildman–Crippen MR) is 106 cm³/mol. The lowest BCUT2D eigenvalue weighted by atomic mass is 10.1. The van der Waals surface area contributed by atoms with Crippen LogP contribution in [0.25, 0.3) is 0 Å². The first-order chi connectivity index (χ1) is 12.4. The Balaban J connectivity index is 1.82. The van der Waals surface area contributed by atoms with Gasteiger partial charge in [-0.1, -0.05) is 0 Å². The molecule has 0 unspecified atom stereocenters. The molecule has 1 N–H and O–H groups in total. The predicted octanol–water partition coefficient (Wildman–Crippen LogP) is 4.10. The molecule has 6 heteroatoms. The van der Waals surface area contributed by atoms with Crippen LogP contribution < -0.4 is 14.4 Å². The minimum atomic E-state index is -3.72. The Labute approximate surface area is 156 Å². The molecule has 0 aromatic heterocycles. The van der Waals surface area contributed by atoms with E-state index in [1.807, 2.05) is 38.1 Å². The van der Waals surface area contributed by atoms with Crippen molar-refractivity contribution in [2.45, 2.75) is 38.0 Å². The number of nitrogens with zero attached hydrogens (tertiary/aromatic N) is 1. The van der Waals surface area contributed by atoms with E-state index in [2.05, 4.69) is 9.62 Å². The highest BCUT2D eigenvalue weighted by atomic mass is 32.2. The second-order valence-corrected chi connectivity index (χ2v) is 8.44. The molecule has 1 saturated heterocycles. The summed E-state index contributed by atoms with van der Waals surface area (Å²) in [7, 11) is -2.24. The van der Waals surface area contributed by atoms with Crippen LogP contribution in [0, 0.1) is 13.8 Å². The molecule has 0 amide bonds. The third-order valence-electron chi connectivity index (χ3n) is 4.91. The minimum Gasteiger partial charge on any atom is -0.495 e. The normalized spacial score (nSPS) is 15.0. The molecule has 0 aliphatic carbocycles. The Morgan fingerprint density at radius 3 is 2.19 bits per heavy atom. The summed E-state index contributed by atoms with van der Waals surface area (Å²) >= 11 is 0. The van der Waals surface area contributed by atoms with Crippen molar-refractivity contribution in [3.63, 3.8) is 0 Å². The van der Waals surface area contributed by atoms with Crippen molar-refractivity contribution in [2.24, 2.45) is 0 Å². The molecule has 0 radical (unpaired) electrons. The number of anilines is 2. The largest absolute Gasteiger partial charge is 0.495 e. The number of hydrogen-bond acceptors (Lipinski definition) is 4. The second kappa shape index (κ2) is 7.58. The monoisotopic (exact) mass is 374 g/mol. The number of ether oxygens (including phenoxy) is 1. The molecule has 26 heavy (non-hydrogen) atoms. The van der Waals surface area contributed by atoms with Gasteiger partial charge >= 0.3 is 0 Å². The van der Waals surface area contributed by atoms with Crippen LogP contribution in [-0.4, -0.2) is 28.6 Å². The van der Waals surface area contributed by atoms with Crippen LogP contribution in [0.3, 0.4) is 0 Å². The summed E-state index contributed by atoms with van der Waals surface area (Å²) < 4.78 is 33.6. The van der Waals surface area contributed by atoms with E-state index in [1.54, 1.807) is 12.1 Å². The number of sulfonamides is 1. The number of nitrogens with one attached hydrogen (secondary N) is 1. The van der Waals surface area contributed by atoms with Gasteiger partial charge in [0, 0.05) is 24.5 Å². The van der Waals surface area contributed by atoms with E-state index in [9.17, 15) is 8.42 Å².